The smallest absolute Gasteiger partial charge is 0.410 e. The van der Waals surface area contributed by atoms with Crippen molar-refractivity contribution in [3.8, 4) is 0 Å². The number of amides is 3. The van der Waals surface area contributed by atoms with Gasteiger partial charge in [0.2, 0.25) is 0 Å². The van der Waals surface area contributed by atoms with Gasteiger partial charge in [-0.05, 0) is 100 Å². The van der Waals surface area contributed by atoms with Crippen molar-refractivity contribution in [2.45, 2.75) is 105 Å². The number of nitrogens with one attached hydrogen (secondary N) is 1. The average molecular weight is 811 g/mol. The first-order chi connectivity index (χ1) is 28.4. The van der Waals surface area contributed by atoms with E-state index in [-0.39, 0.29) is 17.9 Å². The number of nitrogens with zero attached hydrogens (tertiary/aromatic N) is 5. The molecule has 4 aromatic rings. The number of methoxy groups -OCH3 is 2. The summed E-state index contributed by atoms with van der Waals surface area (Å²) in [6.07, 6.45) is 5.83. The average Bonchev–Trinajstić information content (AvgIpc) is 3.72. The summed E-state index contributed by atoms with van der Waals surface area (Å²) >= 11 is 0. The van der Waals surface area contributed by atoms with Crippen molar-refractivity contribution >= 4 is 39.7 Å². The number of rotatable bonds is 8. The summed E-state index contributed by atoms with van der Waals surface area (Å²) in [6, 6.07) is 12.3. The highest BCUT2D eigenvalue weighted by molar-refractivity contribution is 6.00. The maximum atomic E-state index is 13.2. The minimum atomic E-state index is -0.532. The van der Waals surface area contributed by atoms with Gasteiger partial charge in [-0.25, -0.2) is 4.79 Å². The molecule has 2 saturated heterocycles. The summed E-state index contributed by atoms with van der Waals surface area (Å²) in [5, 5.41) is 5.75. The number of hydrogen-bond donors (Lipinski definition) is 1. The van der Waals surface area contributed by atoms with Crippen LogP contribution in [-0.2, 0) is 53.2 Å². The minimum absolute atomic E-state index is 0.0991. The Morgan fingerprint density at radius 2 is 1.17 bits per heavy atom. The van der Waals surface area contributed by atoms with Crippen LogP contribution in [0.4, 0.5) is 4.79 Å². The number of fused-ring (bicyclic) bond motifs is 6. The van der Waals surface area contributed by atoms with Crippen LogP contribution in [0.25, 0.3) is 21.8 Å². The van der Waals surface area contributed by atoms with Gasteiger partial charge in [-0.2, -0.15) is 0 Å². The zero-order valence-corrected chi connectivity index (χ0v) is 36.5. The monoisotopic (exact) mass is 811 g/mol. The Morgan fingerprint density at radius 3 is 1.66 bits per heavy atom. The van der Waals surface area contributed by atoms with Crippen molar-refractivity contribution in [3.63, 3.8) is 0 Å². The number of piperidine rings is 2. The second-order valence-corrected chi connectivity index (χ2v) is 18.1. The number of aromatic nitrogens is 2. The van der Waals surface area contributed by atoms with Crippen LogP contribution >= 0.6 is 0 Å². The lowest BCUT2D eigenvalue weighted by Crippen LogP contribution is -2.40. The molecule has 4 aliphatic heterocycles. The van der Waals surface area contributed by atoms with E-state index in [9.17, 15) is 14.4 Å². The van der Waals surface area contributed by atoms with Crippen LogP contribution in [0.5, 0.6) is 0 Å². The number of benzene rings is 2. The van der Waals surface area contributed by atoms with Crippen molar-refractivity contribution in [2.75, 3.05) is 66.7 Å². The van der Waals surface area contributed by atoms with Crippen molar-refractivity contribution in [3.05, 3.63) is 70.0 Å². The van der Waals surface area contributed by atoms with E-state index >= 15 is 0 Å². The molecule has 2 aromatic heterocycles. The molecule has 12 nitrogen and oxygen atoms in total. The molecular weight excluding hydrogens is 745 g/mol. The predicted octanol–water partition coefficient (Wildman–Crippen LogP) is 7.26. The summed E-state index contributed by atoms with van der Waals surface area (Å²) < 4.78 is 21.0. The van der Waals surface area contributed by atoms with Gasteiger partial charge in [-0.1, -0.05) is 13.8 Å². The van der Waals surface area contributed by atoms with E-state index in [1.54, 1.807) is 19.1 Å². The molecule has 0 unspecified atom stereocenters. The number of ether oxygens (including phenoxy) is 3. The number of likely N-dealkylation sites (tertiary alicyclic amines) is 2. The van der Waals surface area contributed by atoms with Crippen molar-refractivity contribution in [1.82, 2.24) is 29.2 Å². The minimum Gasteiger partial charge on any atom is -0.444 e. The number of carbonyl (C=O) groups is 3. The summed E-state index contributed by atoms with van der Waals surface area (Å²) in [6.45, 7) is 19.5. The Labute approximate surface area is 350 Å². The molecular formula is C47H66N6O6. The van der Waals surface area contributed by atoms with Crippen LogP contribution in [0.2, 0.25) is 0 Å². The molecule has 1 N–H and O–H groups in total. The Bertz CT molecular complexity index is 2130. The van der Waals surface area contributed by atoms with Crippen molar-refractivity contribution in [1.29, 1.82) is 0 Å². The SMILES string of the molecule is COCCn1c2c(c3cc(C(=O)N4CCC(C)CC4)ccc31)CN(C(=O)OC(C)(C)C)CC2.COCCn1c2c(c3cc(C(=O)N4CCC(C)CC4)ccc31)CNCC2. The molecule has 3 amide bonds. The zero-order valence-electron chi connectivity index (χ0n) is 36.5. The molecule has 0 saturated carbocycles. The van der Waals surface area contributed by atoms with Crippen molar-refractivity contribution < 1.29 is 28.6 Å². The van der Waals surface area contributed by atoms with Gasteiger partial charge in [0.25, 0.3) is 11.8 Å². The highest BCUT2D eigenvalue weighted by atomic mass is 16.6. The van der Waals surface area contributed by atoms with Crippen LogP contribution < -0.4 is 5.32 Å². The molecule has 6 heterocycles. The molecule has 0 aliphatic carbocycles. The maximum absolute atomic E-state index is 13.2. The molecule has 12 heteroatoms. The largest absolute Gasteiger partial charge is 0.444 e. The first-order valence-corrected chi connectivity index (χ1v) is 21.9. The van der Waals surface area contributed by atoms with Gasteiger partial charge >= 0.3 is 6.09 Å². The second kappa shape index (κ2) is 18.5. The highest BCUT2D eigenvalue weighted by Crippen LogP contribution is 2.34. The van der Waals surface area contributed by atoms with E-state index in [1.807, 2.05) is 48.8 Å². The fourth-order valence-corrected chi connectivity index (χ4v) is 9.24. The van der Waals surface area contributed by atoms with Crippen LogP contribution in [0, 0.1) is 11.8 Å². The topological polar surface area (TPSA) is 111 Å². The summed E-state index contributed by atoms with van der Waals surface area (Å²) in [5.41, 5.74) is 8.40. The third-order valence-electron chi connectivity index (χ3n) is 12.7. The summed E-state index contributed by atoms with van der Waals surface area (Å²) in [7, 11) is 3.45. The number of carbonyl (C=O) groups excluding carboxylic acids is 3. The molecule has 59 heavy (non-hydrogen) atoms. The zero-order chi connectivity index (χ0) is 41.8. The molecule has 4 aliphatic rings. The van der Waals surface area contributed by atoms with Gasteiger partial charge in [0.15, 0.2) is 0 Å². The van der Waals surface area contributed by atoms with E-state index in [4.69, 9.17) is 14.2 Å². The summed E-state index contributed by atoms with van der Waals surface area (Å²) in [5.74, 6) is 1.69. The first-order valence-electron chi connectivity index (χ1n) is 21.9. The molecule has 2 fully saturated rings. The lowest BCUT2D eigenvalue weighted by Gasteiger charge is -2.31. The van der Waals surface area contributed by atoms with E-state index < -0.39 is 5.60 Å². The third-order valence-corrected chi connectivity index (χ3v) is 12.7. The van der Waals surface area contributed by atoms with E-state index in [1.165, 1.54) is 27.9 Å². The van der Waals surface area contributed by atoms with E-state index in [0.717, 1.165) is 124 Å². The molecule has 0 bridgehead atoms. The standard InChI is InChI=1S/C26H37N3O4.C21H29N3O2/c1-18-8-11-27(12-9-18)24(30)19-6-7-22-20(16-19)21-17-28(25(31)33-26(2,3)4)13-10-23(21)29(22)14-15-32-5;1-15-6-9-23(10-7-15)21(25)16-3-4-19-17(13-16)18-14-22-8-5-20(18)24(19)11-12-26-2/h6-7,16,18H,8-15,17H2,1-5H3;3-4,13,15,22H,5-12,14H2,1-2H3. The lowest BCUT2D eigenvalue weighted by molar-refractivity contribution is 0.0222. The van der Waals surface area contributed by atoms with Gasteiger partial charge < -0.3 is 43.4 Å². The Kier molecular flexibility index (Phi) is 13.4. The molecule has 0 atom stereocenters. The molecule has 0 spiro atoms. The maximum Gasteiger partial charge on any atom is 0.410 e. The fourth-order valence-electron chi connectivity index (χ4n) is 9.24. The molecule has 2 aromatic carbocycles. The quantitative estimate of drug-likeness (QED) is 0.200. The van der Waals surface area contributed by atoms with Crippen LogP contribution in [0.3, 0.4) is 0 Å². The van der Waals surface area contributed by atoms with Gasteiger partial charge in [-0.15, -0.1) is 0 Å². The molecule has 0 radical (unpaired) electrons. The van der Waals surface area contributed by atoms with Gasteiger partial charge in [0.1, 0.15) is 5.60 Å². The van der Waals surface area contributed by atoms with Gasteiger partial charge in [-0.3, -0.25) is 9.59 Å². The van der Waals surface area contributed by atoms with Gasteiger partial charge in [0, 0.05) is 136 Å². The third kappa shape index (κ3) is 9.50. The fraction of sp³-hybridized carbons (Fsp3) is 0.596. The Hall–Kier alpha value is -4.39. The Morgan fingerprint density at radius 1 is 0.678 bits per heavy atom. The Balaban J connectivity index is 0.000000184. The first kappa shape index (κ1) is 42.7. The van der Waals surface area contributed by atoms with Gasteiger partial charge in [0.05, 0.1) is 19.8 Å². The van der Waals surface area contributed by atoms with Crippen molar-refractivity contribution in [2.24, 2.45) is 11.8 Å². The lowest BCUT2D eigenvalue weighted by atomic mass is 9.98. The van der Waals surface area contributed by atoms with Crippen LogP contribution in [0.1, 0.15) is 104 Å². The van der Waals surface area contributed by atoms with E-state index in [2.05, 4.69) is 46.5 Å². The molecule has 320 valence electrons. The summed E-state index contributed by atoms with van der Waals surface area (Å²) in [4.78, 5) is 44.8. The highest BCUT2D eigenvalue weighted by Gasteiger charge is 2.31. The predicted molar refractivity (Wildman–Crippen MR) is 232 cm³/mol. The second-order valence-electron chi connectivity index (χ2n) is 18.1. The van der Waals surface area contributed by atoms with E-state index in [0.29, 0.717) is 32.2 Å². The molecule has 8 rings (SSSR count). The normalized spacial score (nSPS) is 17.8. The van der Waals surface area contributed by atoms with Crippen LogP contribution in [0.15, 0.2) is 36.4 Å². The number of hydrogen-bond acceptors (Lipinski definition) is 7. The van der Waals surface area contributed by atoms with Crippen LogP contribution in [-0.4, -0.2) is 114 Å².